The molecule has 7 nitrogen and oxygen atoms in total. The minimum atomic E-state index is 0.480. The van der Waals surface area contributed by atoms with Crippen LogP contribution in [0.1, 0.15) is 5.56 Å². The monoisotopic (exact) mass is 494 g/mol. The number of hydrogen-bond donors (Lipinski definition) is 0. The van der Waals surface area contributed by atoms with Gasteiger partial charge in [0.15, 0.2) is 23.0 Å². The minimum absolute atomic E-state index is 0.480. The average Bonchev–Trinajstić information content (AvgIpc) is 3.22. The number of ether oxygens (including phenoxy) is 5. The van der Waals surface area contributed by atoms with E-state index in [0.717, 1.165) is 28.1 Å². The lowest BCUT2D eigenvalue weighted by molar-refractivity contribution is 0.355. The molecule has 0 aliphatic heterocycles. The van der Waals surface area contributed by atoms with Gasteiger partial charge in [-0.2, -0.15) is 5.10 Å². The summed E-state index contributed by atoms with van der Waals surface area (Å²) in [6.07, 6.45) is 0. The van der Waals surface area contributed by atoms with E-state index in [9.17, 15) is 0 Å². The smallest absolute Gasteiger partial charge is 0.161 e. The molecular weight excluding hydrogens is 468 g/mol. The lowest BCUT2D eigenvalue weighted by Crippen LogP contribution is -2.04. The van der Waals surface area contributed by atoms with E-state index in [2.05, 4.69) is 0 Å². The van der Waals surface area contributed by atoms with E-state index >= 15 is 0 Å². The minimum Gasteiger partial charge on any atom is -0.497 e. The van der Waals surface area contributed by atoms with Gasteiger partial charge in [-0.05, 0) is 54.1 Å². The second-order valence-corrected chi connectivity index (χ2v) is 8.04. The molecule has 35 heavy (non-hydrogen) atoms. The number of aromatic nitrogens is 2. The van der Waals surface area contributed by atoms with Gasteiger partial charge in [-0.25, -0.2) is 0 Å². The molecule has 0 bridgehead atoms. The predicted molar refractivity (Wildman–Crippen MR) is 136 cm³/mol. The Bertz CT molecular complexity index is 1340. The molecule has 0 radical (unpaired) electrons. The normalized spacial score (nSPS) is 10.7. The van der Waals surface area contributed by atoms with E-state index in [4.69, 9.17) is 40.4 Å². The van der Waals surface area contributed by atoms with Crippen LogP contribution in [-0.4, -0.2) is 45.3 Å². The van der Waals surface area contributed by atoms with Crippen molar-refractivity contribution in [1.82, 2.24) is 9.78 Å². The fourth-order valence-corrected chi connectivity index (χ4v) is 4.28. The highest BCUT2D eigenvalue weighted by Gasteiger charge is 2.22. The molecule has 1 heterocycles. The number of benzene rings is 3. The SMILES string of the molecule is COc1cccc(Cn2nc(-c3ccc(OC)c(OC)c3)c(Cl)c2-c2ccc(OC)c(OC)c2)c1. The van der Waals surface area contributed by atoms with Crippen molar-refractivity contribution in [1.29, 1.82) is 0 Å². The standard InChI is InChI=1S/C27H27ClN2O5/c1-31-20-8-6-7-17(13-20)16-30-27(19-10-12-22(33-3)24(15-19)35-5)25(28)26(29-30)18-9-11-21(32-2)23(14-18)34-4/h6-15H,16H2,1-5H3. The van der Waals surface area contributed by atoms with E-state index in [1.165, 1.54) is 0 Å². The van der Waals surface area contributed by atoms with Crippen LogP contribution in [0.3, 0.4) is 0 Å². The van der Waals surface area contributed by atoms with Crippen molar-refractivity contribution in [3.05, 3.63) is 71.2 Å². The van der Waals surface area contributed by atoms with Crippen LogP contribution in [-0.2, 0) is 6.54 Å². The summed E-state index contributed by atoms with van der Waals surface area (Å²) < 4.78 is 29.1. The maximum Gasteiger partial charge on any atom is 0.161 e. The Kier molecular flexibility index (Phi) is 7.36. The zero-order chi connectivity index (χ0) is 24.9. The quantitative estimate of drug-likeness (QED) is 0.286. The summed E-state index contributed by atoms with van der Waals surface area (Å²) in [6.45, 7) is 0.480. The average molecular weight is 495 g/mol. The molecule has 0 aliphatic rings. The first-order chi connectivity index (χ1) is 17.0. The first-order valence-electron chi connectivity index (χ1n) is 10.9. The van der Waals surface area contributed by atoms with Gasteiger partial charge in [0.1, 0.15) is 11.4 Å². The maximum atomic E-state index is 7.01. The summed E-state index contributed by atoms with van der Waals surface area (Å²) >= 11 is 7.01. The Morgan fingerprint density at radius 3 is 1.89 bits per heavy atom. The molecule has 3 aromatic carbocycles. The van der Waals surface area contributed by atoms with Gasteiger partial charge in [-0.3, -0.25) is 4.68 Å². The van der Waals surface area contributed by atoms with Crippen molar-refractivity contribution in [2.24, 2.45) is 0 Å². The third-order valence-corrected chi connectivity index (χ3v) is 6.03. The Balaban J connectivity index is 1.89. The summed E-state index contributed by atoms with van der Waals surface area (Å²) in [7, 11) is 8.05. The molecular formula is C27H27ClN2O5. The summed E-state index contributed by atoms with van der Waals surface area (Å²) in [5.74, 6) is 3.22. The van der Waals surface area contributed by atoms with Gasteiger partial charge >= 0.3 is 0 Å². The molecule has 1 aromatic heterocycles. The van der Waals surface area contributed by atoms with Gasteiger partial charge < -0.3 is 23.7 Å². The summed E-state index contributed by atoms with van der Waals surface area (Å²) in [5, 5.41) is 5.42. The highest BCUT2D eigenvalue weighted by atomic mass is 35.5. The molecule has 4 rings (SSSR count). The van der Waals surface area contributed by atoms with Gasteiger partial charge in [0.05, 0.1) is 52.8 Å². The van der Waals surface area contributed by atoms with E-state index in [1.807, 2.05) is 65.3 Å². The molecule has 0 saturated heterocycles. The Hall–Kier alpha value is -3.84. The molecule has 0 N–H and O–H groups in total. The number of nitrogens with zero attached hydrogens (tertiary/aromatic N) is 2. The molecule has 4 aromatic rings. The van der Waals surface area contributed by atoms with Gasteiger partial charge in [0.25, 0.3) is 0 Å². The van der Waals surface area contributed by atoms with Crippen LogP contribution >= 0.6 is 11.6 Å². The molecule has 0 amide bonds. The van der Waals surface area contributed by atoms with Crippen molar-refractivity contribution in [3.8, 4) is 51.3 Å². The third-order valence-electron chi connectivity index (χ3n) is 5.68. The Morgan fingerprint density at radius 2 is 1.29 bits per heavy atom. The van der Waals surface area contributed by atoms with Crippen LogP contribution in [0, 0.1) is 0 Å². The summed E-state index contributed by atoms with van der Waals surface area (Å²) in [5.41, 5.74) is 4.04. The summed E-state index contributed by atoms with van der Waals surface area (Å²) in [6, 6.07) is 19.1. The number of halogens is 1. The largest absolute Gasteiger partial charge is 0.497 e. The van der Waals surface area contributed by atoms with Crippen LogP contribution in [0.2, 0.25) is 5.02 Å². The van der Waals surface area contributed by atoms with Gasteiger partial charge in [-0.1, -0.05) is 23.7 Å². The highest BCUT2D eigenvalue weighted by Crippen LogP contribution is 2.41. The number of hydrogen-bond acceptors (Lipinski definition) is 6. The molecule has 0 saturated carbocycles. The van der Waals surface area contributed by atoms with Crippen molar-refractivity contribution in [3.63, 3.8) is 0 Å². The molecule has 182 valence electrons. The van der Waals surface area contributed by atoms with Crippen LogP contribution in [0.25, 0.3) is 22.5 Å². The number of rotatable bonds is 9. The number of methoxy groups -OCH3 is 5. The van der Waals surface area contributed by atoms with Gasteiger partial charge in [0.2, 0.25) is 0 Å². The van der Waals surface area contributed by atoms with Crippen molar-refractivity contribution < 1.29 is 23.7 Å². The molecule has 0 atom stereocenters. The zero-order valence-electron chi connectivity index (χ0n) is 20.3. The topological polar surface area (TPSA) is 64.0 Å². The van der Waals surface area contributed by atoms with Gasteiger partial charge in [0, 0.05) is 11.1 Å². The van der Waals surface area contributed by atoms with E-state index in [0.29, 0.717) is 40.3 Å². The first kappa shape index (κ1) is 24.3. The fourth-order valence-electron chi connectivity index (χ4n) is 3.93. The van der Waals surface area contributed by atoms with Crippen molar-refractivity contribution in [2.75, 3.05) is 35.5 Å². The van der Waals surface area contributed by atoms with Crippen LogP contribution in [0.15, 0.2) is 60.7 Å². The van der Waals surface area contributed by atoms with Crippen molar-refractivity contribution >= 4 is 11.6 Å². The third kappa shape index (κ3) is 4.86. The van der Waals surface area contributed by atoms with Crippen molar-refractivity contribution in [2.45, 2.75) is 6.54 Å². The van der Waals surface area contributed by atoms with Crippen LogP contribution in [0.5, 0.6) is 28.7 Å². The second kappa shape index (κ2) is 10.6. The Labute approximate surface area is 209 Å². The van der Waals surface area contributed by atoms with E-state index in [-0.39, 0.29) is 0 Å². The molecule has 0 fully saturated rings. The predicted octanol–water partition coefficient (Wildman–Crippen LogP) is 5.96. The molecule has 0 aliphatic carbocycles. The lowest BCUT2D eigenvalue weighted by Gasteiger charge is -2.12. The first-order valence-corrected chi connectivity index (χ1v) is 11.2. The summed E-state index contributed by atoms with van der Waals surface area (Å²) in [4.78, 5) is 0. The highest BCUT2D eigenvalue weighted by molar-refractivity contribution is 6.35. The Morgan fingerprint density at radius 1 is 0.686 bits per heavy atom. The lowest BCUT2D eigenvalue weighted by atomic mass is 10.1. The molecule has 0 unspecified atom stereocenters. The fraction of sp³-hybridized carbons (Fsp3) is 0.222. The second-order valence-electron chi connectivity index (χ2n) is 7.66. The maximum absolute atomic E-state index is 7.01. The van der Waals surface area contributed by atoms with Crippen LogP contribution < -0.4 is 23.7 Å². The molecule has 0 spiro atoms. The van der Waals surface area contributed by atoms with Crippen LogP contribution in [0.4, 0.5) is 0 Å². The molecule has 8 heteroatoms. The van der Waals surface area contributed by atoms with E-state index < -0.39 is 0 Å². The van der Waals surface area contributed by atoms with Gasteiger partial charge in [-0.15, -0.1) is 0 Å². The zero-order valence-corrected chi connectivity index (χ0v) is 21.1. The van der Waals surface area contributed by atoms with E-state index in [1.54, 1.807) is 35.5 Å².